The fraction of sp³-hybridized carbons (Fsp3) is 0.857. The maximum atomic E-state index is 5.69. The number of aliphatic imine (C=N–C) groups is 2. The topological polar surface area (TPSA) is 92.0 Å². The lowest BCUT2D eigenvalue weighted by Crippen LogP contribution is -2.44. The summed E-state index contributed by atoms with van der Waals surface area (Å²) >= 11 is 0. The van der Waals surface area contributed by atoms with E-state index in [2.05, 4.69) is 15.3 Å². The molecule has 0 fully saturated rings. The second-order valence-corrected chi connectivity index (χ2v) is 6.64. The first-order chi connectivity index (χ1) is 8.82. The molecule has 0 spiro atoms. The third-order valence-electron chi connectivity index (χ3n) is 2.06. The molecule has 0 rings (SSSR count). The number of rotatable bonds is 1. The first-order valence-electron chi connectivity index (χ1n) is 6.89. The minimum atomic E-state index is -0.0759. The Labute approximate surface area is 124 Å². The van der Waals surface area contributed by atoms with E-state index in [-0.39, 0.29) is 11.1 Å². The molecule has 0 aromatic rings. The fourth-order valence-corrected chi connectivity index (χ4v) is 1.03. The zero-order valence-corrected chi connectivity index (χ0v) is 14.7. The van der Waals surface area contributed by atoms with Crippen LogP contribution in [0.3, 0.4) is 0 Å². The van der Waals surface area contributed by atoms with Crippen molar-refractivity contribution in [3.05, 3.63) is 0 Å². The van der Waals surface area contributed by atoms with Gasteiger partial charge in [-0.2, -0.15) is 0 Å². The van der Waals surface area contributed by atoms with Crippen molar-refractivity contribution < 1.29 is 0 Å². The fourth-order valence-electron chi connectivity index (χ4n) is 1.03. The standard InChI is InChI=1S/C8H19N3.C6H15N3/c1-6-11(5)7(9)10-8(2,3)4;1-6(2,3)9-5(7)8-4/h6H2,1-5H3,(H2,9,10);1-4H3,(H3,7,8,9). The molecule has 0 heterocycles. The highest BCUT2D eigenvalue weighted by molar-refractivity contribution is 5.78. The van der Waals surface area contributed by atoms with Gasteiger partial charge in [0, 0.05) is 26.2 Å². The van der Waals surface area contributed by atoms with Crippen molar-refractivity contribution in [3.63, 3.8) is 0 Å². The maximum absolute atomic E-state index is 5.69. The molecule has 0 unspecified atom stereocenters. The summed E-state index contributed by atoms with van der Waals surface area (Å²) in [5, 5.41) is 3.00. The monoisotopic (exact) mass is 286 g/mol. The van der Waals surface area contributed by atoms with Crippen LogP contribution in [-0.2, 0) is 0 Å². The maximum Gasteiger partial charge on any atom is 0.191 e. The van der Waals surface area contributed by atoms with Crippen LogP contribution in [0.25, 0.3) is 0 Å². The van der Waals surface area contributed by atoms with Crippen LogP contribution in [0.4, 0.5) is 0 Å². The second-order valence-electron chi connectivity index (χ2n) is 6.64. The number of nitrogens with zero attached hydrogens (tertiary/aromatic N) is 3. The van der Waals surface area contributed by atoms with Crippen molar-refractivity contribution in [2.45, 2.75) is 59.5 Å². The first kappa shape index (κ1) is 20.8. The molecular weight excluding hydrogens is 252 g/mol. The van der Waals surface area contributed by atoms with E-state index >= 15 is 0 Å². The third-order valence-corrected chi connectivity index (χ3v) is 2.06. The number of nitrogens with two attached hydrogens (primary N) is 2. The molecule has 5 N–H and O–H groups in total. The smallest absolute Gasteiger partial charge is 0.191 e. The summed E-state index contributed by atoms with van der Waals surface area (Å²) in [6, 6.07) is 0. The van der Waals surface area contributed by atoms with Crippen LogP contribution in [0.1, 0.15) is 48.5 Å². The Kier molecular flexibility index (Phi) is 9.03. The Balaban J connectivity index is 0. The molecule has 0 bridgehead atoms. The number of hydrogen-bond donors (Lipinski definition) is 3. The van der Waals surface area contributed by atoms with Gasteiger partial charge in [-0.1, -0.05) is 0 Å². The molecule has 0 saturated carbocycles. The van der Waals surface area contributed by atoms with E-state index in [4.69, 9.17) is 11.5 Å². The minimum absolute atomic E-state index is 0.0175. The SMILES string of the molecule is CCN(C)C(N)=NC(C)(C)C.CN=C(N)NC(C)(C)C. The molecule has 0 atom stereocenters. The van der Waals surface area contributed by atoms with Crippen molar-refractivity contribution >= 4 is 11.9 Å². The van der Waals surface area contributed by atoms with Gasteiger partial charge in [0.2, 0.25) is 0 Å². The van der Waals surface area contributed by atoms with E-state index in [9.17, 15) is 0 Å². The Morgan fingerprint density at radius 3 is 1.75 bits per heavy atom. The van der Waals surface area contributed by atoms with Gasteiger partial charge in [-0.05, 0) is 48.5 Å². The van der Waals surface area contributed by atoms with Crippen LogP contribution >= 0.6 is 0 Å². The van der Waals surface area contributed by atoms with E-state index in [1.807, 2.05) is 60.4 Å². The van der Waals surface area contributed by atoms with Crippen LogP contribution in [-0.4, -0.2) is 48.5 Å². The zero-order valence-electron chi connectivity index (χ0n) is 14.7. The van der Waals surface area contributed by atoms with Crippen LogP contribution < -0.4 is 16.8 Å². The van der Waals surface area contributed by atoms with E-state index in [0.29, 0.717) is 11.9 Å². The molecular formula is C14H34N6. The minimum Gasteiger partial charge on any atom is -0.370 e. The summed E-state index contributed by atoms with van der Waals surface area (Å²) in [4.78, 5) is 9.98. The quantitative estimate of drug-likeness (QED) is 0.501. The summed E-state index contributed by atoms with van der Waals surface area (Å²) in [6.45, 7) is 15.1. The summed E-state index contributed by atoms with van der Waals surface area (Å²) < 4.78 is 0. The summed E-state index contributed by atoms with van der Waals surface area (Å²) in [5.41, 5.74) is 11.0. The molecule has 0 saturated heterocycles. The first-order valence-corrected chi connectivity index (χ1v) is 6.89. The van der Waals surface area contributed by atoms with Gasteiger partial charge in [-0.15, -0.1) is 0 Å². The number of nitrogens with one attached hydrogen (secondary N) is 1. The molecule has 0 amide bonds. The van der Waals surface area contributed by atoms with Gasteiger partial charge >= 0.3 is 0 Å². The third kappa shape index (κ3) is 14.6. The summed E-state index contributed by atoms with van der Waals surface area (Å²) in [5.74, 6) is 1.10. The Morgan fingerprint density at radius 2 is 1.55 bits per heavy atom. The Morgan fingerprint density at radius 1 is 1.10 bits per heavy atom. The van der Waals surface area contributed by atoms with E-state index in [1.165, 1.54) is 0 Å². The van der Waals surface area contributed by atoms with Crippen molar-refractivity contribution in [1.82, 2.24) is 10.2 Å². The highest BCUT2D eigenvalue weighted by atomic mass is 15.2. The summed E-state index contributed by atoms with van der Waals surface area (Å²) in [7, 11) is 3.60. The van der Waals surface area contributed by atoms with E-state index < -0.39 is 0 Å². The Bertz CT molecular complexity index is 320. The number of hydrogen-bond acceptors (Lipinski definition) is 2. The van der Waals surface area contributed by atoms with Gasteiger partial charge in [-0.25, -0.2) is 4.99 Å². The van der Waals surface area contributed by atoms with Crippen molar-refractivity contribution in [3.8, 4) is 0 Å². The average Bonchev–Trinajstić information content (AvgIpc) is 2.24. The molecule has 0 aliphatic rings. The predicted molar refractivity (Wildman–Crippen MR) is 90.1 cm³/mol. The molecule has 6 heteroatoms. The van der Waals surface area contributed by atoms with Gasteiger partial charge in [0.25, 0.3) is 0 Å². The van der Waals surface area contributed by atoms with Gasteiger partial charge in [0.1, 0.15) is 0 Å². The van der Waals surface area contributed by atoms with E-state index in [1.54, 1.807) is 7.05 Å². The molecule has 6 nitrogen and oxygen atoms in total. The van der Waals surface area contributed by atoms with Crippen molar-refractivity contribution in [2.75, 3.05) is 20.6 Å². The van der Waals surface area contributed by atoms with Crippen LogP contribution in [0, 0.1) is 0 Å². The largest absolute Gasteiger partial charge is 0.370 e. The average molecular weight is 286 g/mol. The molecule has 20 heavy (non-hydrogen) atoms. The summed E-state index contributed by atoms with van der Waals surface area (Å²) in [6.07, 6.45) is 0. The normalized spacial score (nSPS) is 13.4. The predicted octanol–water partition coefficient (Wildman–Crippen LogP) is 1.37. The van der Waals surface area contributed by atoms with Crippen molar-refractivity contribution in [1.29, 1.82) is 0 Å². The Hall–Kier alpha value is -1.46. The van der Waals surface area contributed by atoms with Crippen LogP contribution in [0.2, 0.25) is 0 Å². The van der Waals surface area contributed by atoms with Gasteiger partial charge in [0.05, 0.1) is 5.54 Å². The molecule has 0 radical (unpaired) electrons. The van der Waals surface area contributed by atoms with E-state index in [0.717, 1.165) is 6.54 Å². The molecule has 0 aromatic heterocycles. The lowest BCUT2D eigenvalue weighted by Gasteiger charge is -2.20. The van der Waals surface area contributed by atoms with Gasteiger partial charge in [0.15, 0.2) is 11.9 Å². The molecule has 0 aliphatic carbocycles. The second kappa shape index (κ2) is 8.66. The zero-order chi connectivity index (χ0) is 16.6. The lowest BCUT2D eigenvalue weighted by molar-refractivity contribution is 0.500. The highest BCUT2D eigenvalue weighted by Crippen LogP contribution is 2.05. The molecule has 0 aliphatic heterocycles. The van der Waals surface area contributed by atoms with Crippen LogP contribution in [0.15, 0.2) is 9.98 Å². The van der Waals surface area contributed by atoms with Crippen molar-refractivity contribution in [2.24, 2.45) is 21.5 Å². The molecule has 0 aromatic carbocycles. The highest BCUT2D eigenvalue weighted by Gasteiger charge is 2.09. The lowest BCUT2D eigenvalue weighted by atomic mass is 10.1. The van der Waals surface area contributed by atoms with Crippen LogP contribution in [0.5, 0.6) is 0 Å². The van der Waals surface area contributed by atoms with Gasteiger partial charge < -0.3 is 21.7 Å². The molecule has 120 valence electrons. The number of guanidine groups is 2. The van der Waals surface area contributed by atoms with Gasteiger partial charge in [-0.3, -0.25) is 4.99 Å².